The van der Waals surface area contributed by atoms with Crippen LogP contribution in [0, 0.1) is 0 Å². The molecule has 10 heavy (non-hydrogen) atoms. The van der Waals surface area contributed by atoms with Crippen LogP contribution in [0.3, 0.4) is 0 Å². The molecule has 0 unspecified atom stereocenters. The number of ether oxygens (including phenoxy) is 1. The molecule has 0 saturated carbocycles. The zero-order valence-electron chi connectivity index (χ0n) is 5.70. The van der Waals surface area contributed by atoms with Gasteiger partial charge in [0.25, 0.3) is 0 Å². The van der Waals surface area contributed by atoms with E-state index >= 15 is 0 Å². The Morgan fingerprint density at radius 1 is 1.60 bits per heavy atom. The SMILES string of the molecule is CCOC(=O)[N+](C)=S(=O)=O. The zero-order chi connectivity index (χ0) is 8.15. The molecule has 0 spiro atoms. The van der Waals surface area contributed by atoms with Gasteiger partial charge in [0, 0.05) is 0 Å². The van der Waals surface area contributed by atoms with Gasteiger partial charge in [0.15, 0.2) is 7.05 Å². The molecule has 6 heteroatoms. The molecule has 0 aromatic heterocycles. The molecule has 0 aromatic carbocycles. The number of hydrogen-bond donors (Lipinski definition) is 0. The molecule has 1 amide bonds. The monoisotopic (exact) mass is 166 g/mol. The molecule has 0 rings (SSSR count). The third-order valence-electron chi connectivity index (χ3n) is 0.749. The van der Waals surface area contributed by atoms with Gasteiger partial charge in [-0.15, -0.1) is 8.42 Å². The van der Waals surface area contributed by atoms with Crippen LogP contribution in [0.2, 0.25) is 0 Å². The molecule has 5 nitrogen and oxygen atoms in total. The maximum Gasteiger partial charge on any atom is 0.614 e. The van der Waals surface area contributed by atoms with Gasteiger partial charge in [-0.1, -0.05) is 0 Å². The Morgan fingerprint density at radius 2 is 2.10 bits per heavy atom. The molecule has 0 bridgehead atoms. The maximum absolute atomic E-state index is 10.5. The van der Waals surface area contributed by atoms with Crippen molar-refractivity contribution in [2.24, 2.45) is 0 Å². The second-order valence-corrected chi connectivity index (χ2v) is 2.40. The first-order valence-corrected chi connectivity index (χ1v) is 3.62. The van der Waals surface area contributed by atoms with Gasteiger partial charge in [-0.2, -0.15) is 4.79 Å². The molecule has 0 fully saturated rings. The topological polar surface area (TPSA) is 63.5 Å². The van der Waals surface area contributed by atoms with Gasteiger partial charge in [-0.25, -0.2) is 0 Å². The summed E-state index contributed by atoms with van der Waals surface area (Å²) in [6.45, 7) is 1.76. The van der Waals surface area contributed by atoms with E-state index in [0.717, 1.165) is 7.05 Å². The van der Waals surface area contributed by atoms with Gasteiger partial charge in [-0.05, 0) is 10.9 Å². The van der Waals surface area contributed by atoms with Crippen LogP contribution in [0.1, 0.15) is 6.92 Å². The summed E-state index contributed by atoms with van der Waals surface area (Å²) in [6, 6.07) is 0. The number of rotatable bonds is 1. The molecule has 0 atom stereocenters. The van der Waals surface area contributed by atoms with Crippen molar-refractivity contribution in [2.45, 2.75) is 6.92 Å². The van der Waals surface area contributed by atoms with Gasteiger partial charge in [0.2, 0.25) is 0 Å². The lowest BCUT2D eigenvalue weighted by Crippen LogP contribution is -2.16. The highest BCUT2D eigenvalue weighted by atomic mass is 32.2. The lowest BCUT2D eigenvalue weighted by Gasteiger charge is -1.88. The van der Waals surface area contributed by atoms with Gasteiger partial charge in [0.1, 0.15) is 0 Å². The Hall–Kier alpha value is -0.910. The van der Waals surface area contributed by atoms with Crippen LogP contribution in [0.15, 0.2) is 0 Å². The summed E-state index contributed by atoms with van der Waals surface area (Å²) in [6.07, 6.45) is -0.865. The molecular weight excluding hydrogens is 158 g/mol. The maximum atomic E-state index is 10.5. The van der Waals surface area contributed by atoms with Gasteiger partial charge in [0.05, 0.1) is 6.61 Å². The Morgan fingerprint density at radius 3 is 2.40 bits per heavy atom. The molecule has 0 radical (unpaired) electrons. The van der Waals surface area contributed by atoms with E-state index in [1.807, 2.05) is 0 Å². The summed E-state index contributed by atoms with van der Waals surface area (Å²) in [7, 11) is -1.42. The molecule has 0 aromatic rings. The molecule has 0 saturated heterocycles. The van der Waals surface area contributed by atoms with E-state index in [1.54, 1.807) is 6.92 Å². The largest absolute Gasteiger partial charge is 0.614 e. The summed E-state index contributed by atoms with van der Waals surface area (Å²) < 4.78 is 24.9. The van der Waals surface area contributed by atoms with Crippen molar-refractivity contribution < 1.29 is 21.9 Å². The quantitative estimate of drug-likeness (QED) is 0.508. The van der Waals surface area contributed by atoms with Crippen molar-refractivity contribution in [1.29, 1.82) is 0 Å². The Kier molecular flexibility index (Phi) is 3.63. The first-order valence-electron chi connectivity index (χ1n) is 2.59. The minimum atomic E-state index is -2.53. The highest BCUT2D eigenvalue weighted by molar-refractivity contribution is 7.59. The summed E-state index contributed by atoms with van der Waals surface area (Å²) in [5, 5.41) is 0. The van der Waals surface area contributed by atoms with Crippen LogP contribution in [-0.2, 0) is 15.2 Å². The molecule has 58 valence electrons. The average molecular weight is 166 g/mol. The highest BCUT2D eigenvalue weighted by Gasteiger charge is 2.15. The van der Waals surface area contributed by atoms with E-state index in [1.165, 1.54) is 0 Å². The fourth-order valence-electron chi connectivity index (χ4n) is 0.275. The first-order chi connectivity index (χ1) is 4.59. The van der Waals surface area contributed by atoms with Crippen molar-refractivity contribution in [3.05, 3.63) is 0 Å². The van der Waals surface area contributed by atoms with Gasteiger partial charge in [-0.3, -0.25) is 0 Å². The molecule has 0 heterocycles. The molecular formula is C4H8NO4S+. The number of carbonyl (C=O) groups excluding carboxylic acids is 1. The predicted molar refractivity (Wildman–Crippen MR) is 32.1 cm³/mol. The Labute approximate surface area is 59.9 Å². The second kappa shape index (κ2) is 3.99. The van der Waals surface area contributed by atoms with E-state index in [0.29, 0.717) is 3.95 Å². The standard InChI is InChI=1S/C4H8NO4S/c1-3-9-4(6)5(2)10(7)8/h3H2,1-2H3/q+1. The first kappa shape index (κ1) is 9.09. The minimum absolute atomic E-state index is 0.167. The fourth-order valence-corrected chi connectivity index (χ4v) is 0.450. The van der Waals surface area contributed by atoms with Crippen LogP contribution >= 0.6 is 0 Å². The van der Waals surface area contributed by atoms with Crippen LogP contribution < -0.4 is 0 Å². The number of amides is 1. The van der Waals surface area contributed by atoms with E-state index in [-0.39, 0.29) is 6.61 Å². The normalized spacial score (nSPS) is 8.60. The smallest absolute Gasteiger partial charge is 0.411 e. The zero-order valence-corrected chi connectivity index (χ0v) is 6.51. The summed E-state index contributed by atoms with van der Waals surface area (Å²) in [4.78, 5) is 10.5. The van der Waals surface area contributed by atoms with Crippen molar-refractivity contribution in [1.82, 2.24) is 0 Å². The molecule has 0 aliphatic heterocycles. The third kappa shape index (κ3) is 2.58. The molecule has 0 N–H and O–H groups in total. The second-order valence-electron chi connectivity index (χ2n) is 1.41. The van der Waals surface area contributed by atoms with Crippen LogP contribution in [-0.4, -0.2) is 32.1 Å². The van der Waals surface area contributed by atoms with Crippen LogP contribution in [0.5, 0.6) is 0 Å². The summed E-state index contributed by atoms with van der Waals surface area (Å²) in [5.74, 6) is 0. The molecule has 0 aliphatic carbocycles. The third-order valence-corrected chi connectivity index (χ3v) is 1.34. The van der Waals surface area contributed by atoms with Crippen molar-refractivity contribution in [3.8, 4) is 0 Å². The van der Waals surface area contributed by atoms with Crippen LogP contribution in [0.4, 0.5) is 4.79 Å². The Bertz CT molecular complexity index is 244. The van der Waals surface area contributed by atoms with Crippen LogP contribution in [0.25, 0.3) is 0 Å². The van der Waals surface area contributed by atoms with Crippen molar-refractivity contribution in [3.63, 3.8) is 0 Å². The summed E-state index contributed by atoms with van der Waals surface area (Å²) >= 11 is 0. The number of hydrogen-bond acceptors (Lipinski definition) is 4. The van der Waals surface area contributed by atoms with Crippen molar-refractivity contribution >= 4 is 16.6 Å². The minimum Gasteiger partial charge on any atom is -0.411 e. The lowest BCUT2D eigenvalue weighted by molar-refractivity contribution is -0.389. The molecule has 0 aliphatic rings. The van der Waals surface area contributed by atoms with Gasteiger partial charge >= 0.3 is 16.6 Å². The predicted octanol–water partition coefficient (Wildman–Crippen LogP) is -0.152. The number of carbonyl (C=O) groups is 1. The van der Waals surface area contributed by atoms with E-state index in [2.05, 4.69) is 4.74 Å². The van der Waals surface area contributed by atoms with Crippen molar-refractivity contribution in [2.75, 3.05) is 13.7 Å². The van der Waals surface area contributed by atoms with Gasteiger partial charge < -0.3 is 4.74 Å². The Balaban J connectivity index is 4.39. The summed E-state index contributed by atoms with van der Waals surface area (Å²) in [5.41, 5.74) is 0. The van der Waals surface area contributed by atoms with E-state index < -0.39 is 16.6 Å². The highest BCUT2D eigenvalue weighted by Crippen LogP contribution is 1.79. The lowest BCUT2D eigenvalue weighted by atomic mass is 10.9. The average Bonchev–Trinajstić information content (AvgIpc) is 1.87. The van der Waals surface area contributed by atoms with E-state index in [4.69, 9.17) is 0 Å². The fraction of sp³-hybridized carbons (Fsp3) is 0.750. The van der Waals surface area contributed by atoms with E-state index in [9.17, 15) is 13.2 Å². The number of nitrogens with zero attached hydrogens (tertiary/aromatic N) is 1.